The third-order valence-electron chi connectivity index (χ3n) is 9.57. The zero-order valence-corrected chi connectivity index (χ0v) is 27.6. The minimum atomic E-state index is -0.0467. The highest BCUT2D eigenvalue weighted by Crippen LogP contribution is 2.43. The van der Waals surface area contributed by atoms with Crippen LogP contribution in [0.5, 0.6) is 0 Å². The van der Waals surface area contributed by atoms with Crippen molar-refractivity contribution in [3.63, 3.8) is 0 Å². The monoisotopic (exact) mass is 596 g/mol. The molecule has 0 saturated heterocycles. The molecule has 226 valence electrons. The molecule has 46 heavy (non-hydrogen) atoms. The van der Waals surface area contributed by atoms with Crippen molar-refractivity contribution in [3.8, 4) is 22.5 Å². The van der Waals surface area contributed by atoms with Crippen LogP contribution in [0.2, 0.25) is 0 Å². The molecule has 0 amide bonds. The van der Waals surface area contributed by atoms with Gasteiger partial charge in [-0.3, -0.25) is 0 Å². The van der Waals surface area contributed by atoms with Gasteiger partial charge in [0.25, 0.3) is 0 Å². The largest absolute Gasteiger partial charge is 0.309 e. The highest BCUT2D eigenvalue weighted by molar-refractivity contribution is 6.14. The normalized spacial score (nSPS) is 12.6. The first-order valence-corrected chi connectivity index (χ1v) is 16.4. The van der Waals surface area contributed by atoms with E-state index in [9.17, 15) is 0 Å². The molecule has 0 saturated carbocycles. The zero-order chi connectivity index (χ0) is 31.8. The van der Waals surface area contributed by atoms with Crippen molar-refractivity contribution in [2.45, 2.75) is 52.4 Å². The van der Waals surface area contributed by atoms with Gasteiger partial charge in [0, 0.05) is 32.9 Å². The summed E-state index contributed by atoms with van der Waals surface area (Å²) in [6.45, 7) is 13.9. The van der Waals surface area contributed by atoms with E-state index in [1.54, 1.807) is 0 Å². The van der Waals surface area contributed by atoms with Gasteiger partial charge in [-0.1, -0.05) is 108 Å². The molecule has 2 heteroatoms. The lowest BCUT2D eigenvalue weighted by molar-refractivity contribution is 0.591. The molecule has 8 rings (SSSR count). The molecule has 0 aliphatic rings. The Morgan fingerprint density at radius 1 is 0.391 bits per heavy atom. The molecule has 0 aliphatic carbocycles. The predicted molar refractivity (Wildman–Crippen MR) is 198 cm³/mol. The van der Waals surface area contributed by atoms with Gasteiger partial charge in [0.2, 0.25) is 0 Å². The lowest BCUT2D eigenvalue weighted by atomic mass is 9.82. The van der Waals surface area contributed by atoms with Crippen LogP contribution in [0.3, 0.4) is 0 Å². The Labute approximate surface area is 271 Å². The third kappa shape index (κ3) is 4.47. The maximum atomic E-state index is 2.45. The molecular weight excluding hydrogens is 556 g/mol. The number of nitrogens with zero attached hydrogens (tertiary/aromatic N) is 2. The smallest absolute Gasteiger partial charge is 0.0550 e. The van der Waals surface area contributed by atoms with E-state index >= 15 is 0 Å². The fourth-order valence-electron chi connectivity index (χ4n) is 7.23. The first-order valence-electron chi connectivity index (χ1n) is 16.4. The maximum Gasteiger partial charge on any atom is 0.0550 e. The fourth-order valence-corrected chi connectivity index (χ4v) is 7.23. The Bertz CT molecular complexity index is 2410. The van der Waals surface area contributed by atoms with Crippen LogP contribution in [0.1, 0.15) is 52.7 Å². The lowest BCUT2D eigenvalue weighted by Crippen LogP contribution is -2.12. The SMILES string of the molecule is CC(C)(C)c1ccc2c(c1)c1cc(-c3cc(C(C)(C)C)c4c5ccccc5n(-c5ccccc5)c4c3)ccc1n2-c1ccccc1. The van der Waals surface area contributed by atoms with Crippen LogP contribution < -0.4 is 0 Å². The second kappa shape index (κ2) is 10.2. The molecule has 0 aliphatic heterocycles. The van der Waals surface area contributed by atoms with Crippen molar-refractivity contribution in [2.24, 2.45) is 0 Å². The second-order valence-corrected chi connectivity index (χ2v) is 14.7. The molecule has 8 aromatic rings. The number of rotatable bonds is 3. The van der Waals surface area contributed by atoms with Crippen molar-refractivity contribution in [1.29, 1.82) is 0 Å². The summed E-state index contributed by atoms with van der Waals surface area (Å²) in [7, 11) is 0. The van der Waals surface area contributed by atoms with Gasteiger partial charge in [-0.2, -0.15) is 0 Å². The van der Waals surface area contributed by atoms with Gasteiger partial charge in [-0.25, -0.2) is 0 Å². The van der Waals surface area contributed by atoms with Gasteiger partial charge >= 0.3 is 0 Å². The Balaban J connectivity index is 1.45. The Kier molecular flexibility index (Phi) is 6.31. The van der Waals surface area contributed by atoms with Crippen LogP contribution >= 0.6 is 0 Å². The summed E-state index contributed by atoms with van der Waals surface area (Å²) in [6.07, 6.45) is 0. The molecule has 0 bridgehead atoms. The van der Waals surface area contributed by atoms with Crippen molar-refractivity contribution in [2.75, 3.05) is 0 Å². The molecular formula is C44H40N2. The third-order valence-corrected chi connectivity index (χ3v) is 9.57. The van der Waals surface area contributed by atoms with Crippen molar-refractivity contribution < 1.29 is 0 Å². The number of para-hydroxylation sites is 3. The van der Waals surface area contributed by atoms with E-state index in [2.05, 4.69) is 184 Å². The Hall–Kier alpha value is -5.08. The molecule has 6 aromatic carbocycles. The second-order valence-electron chi connectivity index (χ2n) is 14.7. The molecule has 0 unspecified atom stereocenters. The fraction of sp³-hybridized carbons (Fsp3) is 0.182. The molecule has 0 spiro atoms. The van der Waals surface area contributed by atoms with Crippen LogP contribution in [0.15, 0.2) is 133 Å². The summed E-state index contributed by atoms with van der Waals surface area (Å²) in [5.74, 6) is 0. The van der Waals surface area contributed by atoms with Gasteiger partial charge in [-0.05, 0) is 99.8 Å². The molecule has 0 fully saturated rings. The van der Waals surface area contributed by atoms with E-state index in [-0.39, 0.29) is 10.8 Å². The highest BCUT2D eigenvalue weighted by Gasteiger charge is 2.24. The first kappa shape index (κ1) is 28.4. The molecule has 0 N–H and O–H groups in total. The van der Waals surface area contributed by atoms with Crippen LogP contribution in [0, 0.1) is 0 Å². The lowest BCUT2D eigenvalue weighted by Gasteiger charge is -2.22. The van der Waals surface area contributed by atoms with E-state index in [0.29, 0.717) is 0 Å². The summed E-state index contributed by atoms with van der Waals surface area (Å²) in [4.78, 5) is 0. The summed E-state index contributed by atoms with van der Waals surface area (Å²) in [6, 6.07) is 49.3. The van der Waals surface area contributed by atoms with E-state index in [4.69, 9.17) is 0 Å². The summed E-state index contributed by atoms with van der Waals surface area (Å²) in [5, 5.41) is 5.22. The van der Waals surface area contributed by atoms with Crippen molar-refractivity contribution >= 4 is 43.6 Å². The van der Waals surface area contributed by atoms with E-state index in [0.717, 1.165) is 0 Å². The van der Waals surface area contributed by atoms with Crippen LogP contribution in [0.4, 0.5) is 0 Å². The summed E-state index contributed by atoms with van der Waals surface area (Å²) >= 11 is 0. The number of benzene rings is 6. The van der Waals surface area contributed by atoms with Gasteiger partial charge < -0.3 is 9.13 Å². The summed E-state index contributed by atoms with van der Waals surface area (Å²) in [5.41, 5.74) is 12.5. The Morgan fingerprint density at radius 2 is 0.935 bits per heavy atom. The van der Waals surface area contributed by atoms with Gasteiger partial charge in [0.15, 0.2) is 0 Å². The number of aromatic nitrogens is 2. The Morgan fingerprint density at radius 3 is 1.57 bits per heavy atom. The maximum absolute atomic E-state index is 2.45. The minimum Gasteiger partial charge on any atom is -0.309 e. The topological polar surface area (TPSA) is 9.86 Å². The molecule has 2 nitrogen and oxygen atoms in total. The van der Waals surface area contributed by atoms with Crippen molar-refractivity contribution in [3.05, 3.63) is 145 Å². The number of hydrogen-bond donors (Lipinski definition) is 0. The van der Waals surface area contributed by atoms with E-state index < -0.39 is 0 Å². The zero-order valence-electron chi connectivity index (χ0n) is 27.6. The number of hydrogen-bond acceptors (Lipinski definition) is 0. The highest BCUT2D eigenvalue weighted by atomic mass is 15.0. The minimum absolute atomic E-state index is 0.0467. The van der Waals surface area contributed by atoms with Gasteiger partial charge in [0.05, 0.1) is 22.1 Å². The average molecular weight is 597 g/mol. The number of fused-ring (bicyclic) bond motifs is 6. The van der Waals surface area contributed by atoms with Crippen molar-refractivity contribution in [1.82, 2.24) is 9.13 Å². The van der Waals surface area contributed by atoms with Gasteiger partial charge in [0.1, 0.15) is 0 Å². The standard InChI is InChI=1S/C44H40N2/c1-43(2,3)31-22-24-40-36(28-31)35-25-29(21-23-39(35)45(40)32-15-9-7-10-16-32)30-26-37(44(4,5)6)42-34-19-13-14-20-38(34)46(41(42)27-30)33-17-11-8-12-18-33/h7-28H,1-6H3. The van der Waals surface area contributed by atoms with E-state index in [1.807, 2.05) is 0 Å². The molecule has 2 heterocycles. The van der Waals surface area contributed by atoms with Crippen LogP contribution in [-0.4, -0.2) is 9.13 Å². The predicted octanol–water partition coefficient (Wildman–Crippen LogP) is 12.1. The molecule has 0 radical (unpaired) electrons. The summed E-state index contributed by atoms with van der Waals surface area (Å²) < 4.78 is 4.86. The van der Waals surface area contributed by atoms with Crippen LogP contribution in [-0.2, 0) is 10.8 Å². The quantitative estimate of drug-likeness (QED) is 0.192. The molecule has 2 aromatic heterocycles. The first-order chi connectivity index (χ1) is 22.1. The van der Waals surface area contributed by atoms with Gasteiger partial charge in [-0.15, -0.1) is 0 Å². The van der Waals surface area contributed by atoms with Crippen LogP contribution in [0.25, 0.3) is 66.1 Å². The van der Waals surface area contributed by atoms with E-state index in [1.165, 1.54) is 77.2 Å². The average Bonchev–Trinajstić information content (AvgIpc) is 3.56. The molecule has 0 atom stereocenters.